The molecule has 8 heteroatoms. The van der Waals surface area contributed by atoms with Gasteiger partial charge in [0.1, 0.15) is 5.75 Å². The number of rotatable bonds is 9. The smallest absolute Gasteiger partial charge is 0.326 e. The maximum Gasteiger partial charge on any atom is 0.326 e. The number of aryl methyl sites for hydroxylation is 1. The van der Waals surface area contributed by atoms with Crippen LogP contribution in [0.4, 0.5) is 21.9 Å². The lowest BCUT2D eigenvalue weighted by Gasteiger charge is -2.21. The molecule has 3 aromatic carbocycles. The summed E-state index contributed by atoms with van der Waals surface area (Å²) in [5, 5.41) is 14.7. The first-order chi connectivity index (χ1) is 17.2. The summed E-state index contributed by atoms with van der Waals surface area (Å²) in [6.45, 7) is 3.77. The predicted octanol–water partition coefficient (Wildman–Crippen LogP) is 5.43. The minimum Gasteiger partial charge on any atom is -0.495 e. The molecule has 0 bridgehead atoms. The van der Waals surface area contributed by atoms with Crippen LogP contribution in [0.2, 0.25) is 0 Å². The van der Waals surface area contributed by atoms with Gasteiger partial charge in [-0.2, -0.15) is 0 Å². The molecule has 188 valence electrons. The highest BCUT2D eigenvalue weighted by molar-refractivity contribution is 6.02. The van der Waals surface area contributed by atoms with Crippen LogP contribution in [0.5, 0.6) is 5.75 Å². The number of benzene rings is 3. The molecule has 3 amide bonds. The third-order valence-corrected chi connectivity index (χ3v) is 5.87. The van der Waals surface area contributed by atoms with E-state index >= 15 is 0 Å². The van der Waals surface area contributed by atoms with Gasteiger partial charge in [-0.3, -0.25) is 14.5 Å². The Morgan fingerprint density at radius 3 is 2.44 bits per heavy atom. The van der Waals surface area contributed by atoms with E-state index in [-0.39, 0.29) is 30.7 Å². The largest absolute Gasteiger partial charge is 0.495 e. The zero-order valence-corrected chi connectivity index (χ0v) is 20.9. The first-order valence-electron chi connectivity index (χ1n) is 11.6. The fourth-order valence-corrected chi connectivity index (χ4v) is 3.89. The van der Waals surface area contributed by atoms with Crippen LogP contribution in [0.25, 0.3) is 0 Å². The van der Waals surface area contributed by atoms with Gasteiger partial charge in [-0.15, -0.1) is 0 Å². The summed E-state index contributed by atoms with van der Waals surface area (Å²) in [5.41, 5.74) is 4.42. The highest BCUT2D eigenvalue weighted by atomic mass is 16.5. The summed E-state index contributed by atoms with van der Waals surface area (Å²) in [6.07, 6.45) is 0.115. The van der Waals surface area contributed by atoms with Crippen LogP contribution in [0.3, 0.4) is 0 Å². The molecule has 3 N–H and O–H groups in total. The van der Waals surface area contributed by atoms with Gasteiger partial charge in [0.25, 0.3) is 0 Å². The number of nitrogens with one attached hydrogen (secondary N) is 2. The van der Waals surface area contributed by atoms with Gasteiger partial charge in [-0.1, -0.05) is 43.3 Å². The van der Waals surface area contributed by atoms with Crippen molar-refractivity contribution in [3.63, 3.8) is 0 Å². The summed E-state index contributed by atoms with van der Waals surface area (Å²) in [7, 11) is 3.20. The number of urea groups is 1. The van der Waals surface area contributed by atoms with Gasteiger partial charge in [-0.05, 0) is 59.9 Å². The summed E-state index contributed by atoms with van der Waals surface area (Å²) >= 11 is 0. The number of carbonyl (C=O) groups excluding carboxylic acids is 2. The first kappa shape index (κ1) is 26.3. The Morgan fingerprint density at radius 1 is 1.00 bits per heavy atom. The topological polar surface area (TPSA) is 108 Å². The maximum absolute atomic E-state index is 12.8. The lowest BCUT2D eigenvalue weighted by atomic mass is 9.97. The van der Waals surface area contributed by atoms with Crippen molar-refractivity contribution in [2.75, 3.05) is 29.7 Å². The third kappa shape index (κ3) is 6.85. The highest BCUT2D eigenvalue weighted by Crippen LogP contribution is 2.28. The number of hydrogen-bond donors (Lipinski definition) is 3. The molecule has 0 aliphatic carbocycles. The van der Waals surface area contributed by atoms with Gasteiger partial charge >= 0.3 is 12.0 Å². The number of carboxylic acid groups (broad SMARTS) is 1. The van der Waals surface area contributed by atoms with Gasteiger partial charge in [0.2, 0.25) is 5.91 Å². The van der Waals surface area contributed by atoms with Crippen LogP contribution in [0, 0.1) is 6.92 Å². The molecule has 1 unspecified atom stereocenters. The molecule has 0 heterocycles. The van der Waals surface area contributed by atoms with E-state index in [0.717, 1.165) is 16.8 Å². The summed E-state index contributed by atoms with van der Waals surface area (Å²) in [5.74, 6) is -0.823. The molecule has 1 atom stereocenters. The van der Waals surface area contributed by atoms with E-state index in [2.05, 4.69) is 10.6 Å². The molecule has 0 fully saturated rings. The van der Waals surface area contributed by atoms with E-state index < -0.39 is 5.97 Å². The highest BCUT2D eigenvalue weighted by Gasteiger charge is 2.16. The Labute approximate surface area is 210 Å². The molecular weight excluding hydrogens is 458 g/mol. The Kier molecular flexibility index (Phi) is 8.67. The number of nitrogens with zero attached hydrogens (tertiary/aromatic N) is 1. The van der Waals surface area contributed by atoms with Crippen LogP contribution in [-0.4, -0.2) is 37.2 Å². The van der Waals surface area contributed by atoms with E-state index in [1.165, 1.54) is 12.0 Å². The van der Waals surface area contributed by atoms with Gasteiger partial charge in [0.05, 0.1) is 25.6 Å². The molecule has 3 aromatic rings. The number of ether oxygens (including phenoxy) is 1. The van der Waals surface area contributed by atoms with Crippen molar-refractivity contribution < 1.29 is 24.2 Å². The molecule has 36 heavy (non-hydrogen) atoms. The maximum atomic E-state index is 12.8. The molecule has 0 aromatic heterocycles. The third-order valence-electron chi connectivity index (χ3n) is 5.87. The predicted molar refractivity (Wildman–Crippen MR) is 141 cm³/mol. The number of para-hydroxylation sites is 1. The van der Waals surface area contributed by atoms with Crippen molar-refractivity contribution in [1.82, 2.24) is 0 Å². The van der Waals surface area contributed by atoms with Crippen molar-refractivity contribution in [3.05, 3.63) is 83.4 Å². The Bertz CT molecular complexity index is 1260. The second-order valence-electron chi connectivity index (χ2n) is 8.66. The van der Waals surface area contributed by atoms with Gasteiger partial charge < -0.3 is 20.5 Å². The van der Waals surface area contributed by atoms with Crippen molar-refractivity contribution in [1.29, 1.82) is 0 Å². The second kappa shape index (κ2) is 11.9. The molecule has 3 rings (SSSR count). The number of carbonyl (C=O) groups is 3. The quantitative estimate of drug-likeness (QED) is 0.371. The number of hydrogen-bond acceptors (Lipinski definition) is 4. The zero-order chi connectivity index (χ0) is 26.2. The van der Waals surface area contributed by atoms with Crippen molar-refractivity contribution in [3.8, 4) is 5.75 Å². The van der Waals surface area contributed by atoms with Crippen LogP contribution in [0.1, 0.15) is 36.0 Å². The molecule has 0 saturated carbocycles. The average Bonchev–Trinajstić information content (AvgIpc) is 2.84. The summed E-state index contributed by atoms with van der Waals surface area (Å²) < 4.78 is 5.46. The molecule has 8 nitrogen and oxygen atoms in total. The zero-order valence-electron chi connectivity index (χ0n) is 20.9. The molecule has 0 aliphatic rings. The van der Waals surface area contributed by atoms with E-state index in [4.69, 9.17) is 9.84 Å². The molecule has 0 saturated heterocycles. The molecule has 0 spiro atoms. The fraction of sp³-hybridized carbons (Fsp3) is 0.250. The van der Waals surface area contributed by atoms with Crippen molar-refractivity contribution in [2.24, 2.45) is 0 Å². The molecular formula is C28H31N3O5. The van der Waals surface area contributed by atoms with Crippen molar-refractivity contribution >= 4 is 35.0 Å². The number of anilines is 3. The number of amides is 3. The summed E-state index contributed by atoms with van der Waals surface area (Å²) in [4.78, 5) is 38.0. The number of carboxylic acids is 1. The normalized spacial score (nSPS) is 11.3. The van der Waals surface area contributed by atoms with E-state index in [9.17, 15) is 14.4 Å². The SMILES string of the molecule is COc1cc(CC(=O)Nc2cccc(C(C)CC(=O)O)c2)ccc1NC(=O)N(C)c1ccccc1C. The van der Waals surface area contributed by atoms with Crippen LogP contribution < -0.4 is 20.3 Å². The van der Waals surface area contributed by atoms with Gasteiger partial charge in [0, 0.05) is 18.4 Å². The van der Waals surface area contributed by atoms with Crippen LogP contribution in [-0.2, 0) is 16.0 Å². The molecule has 0 aliphatic heterocycles. The van der Waals surface area contributed by atoms with Crippen LogP contribution in [0.15, 0.2) is 66.7 Å². The van der Waals surface area contributed by atoms with Crippen LogP contribution >= 0.6 is 0 Å². The lowest BCUT2D eigenvalue weighted by Crippen LogP contribution is -2.31. The fourth-order valence-electron chi connectivity index (χ4n) is 3.89. The van der Waals surface area contributed by atoms with Gasteiger partial charge in [-0.25, -0.2) is 4.79 Å². The second-order valence-corrected chi connectivity index (χ2v) is 8.66. The number of methoxy groups -OCH3 is 1. The van der Waals surface area contributed by atoms with Gasteiger partial charge in [0.15, 0.2) is 0 Å². The minimum atomic E-state index is -0.868. The van der Waals surface area contributed by atoms with E-state index in [0.29, 0.717) is 22.7 Å². The van der Waals surface area contributed by atoms with E-state index in [1.807, 2.05) is 44.2 Å². The Morgan fingerprint density at radius 2 is 1.75 bits per heavy atom. The Hall–Kier alpha value is -4.33. The van der Waals surface area contributed by atoms with E-state index in [1.54, 1.807) is 43.4 Å². The monoisotopic (exact) mass is 489 g/mol. The standard InChI is InChI=1S/C28H31N3O5/c1-18-8-5-6-11-24(18)31(3)28(35)30-23-13-12-20(15-25(23)36-4)16-26(32)29-22-10-7-9-21(17-22)19(2)14-27(33)34/h5-13,15,17,19H,14,16H2,1-4H3,(H,29,32)(H,30,35)(H,33,34). The first-order valence-corrected chi connectivity index (χ1v) is 11.6. The lowest BCUT2D eigenvalue weighted by molar-refractivity contribution is -0.137. The van der Waals surface area contributed by atoms with Crippen molar-refractivity contribution in [2.45, 2.75) is 32.6 Å². The molecule has 0 radical (unpaired) electrons. The Balaban J connectivity index is 1.66. The number of aliphatic carboxylic acids is 1. The minimum absolute atomic E-state index is 0.0147. The summed E-state index contributed by atoms with van der Waals surface area (Å²) in [6, 6.07) is 19.7. The average molecular weight is 490 g/mol.